The van der Waals surface area contributed by atoms with Crippen molar-refractivity contribution in [2.75, 3.05) is 19.0 Å². The number of benzene rings is 1. The number of para-hydroxylation sites is 1. The molecule has 0 fully saturated rings. The number of carbonyl (C=O) groups is 2. The molecule has 1 aliphatic rings. The van der Waals surface area contributed by atoms with Crippen LogP contribution in [0.25, 0.3) is 6.08 Å². The number of likely N-dealkylation sites (N-methyl/N-ethyl adjacent to an activating group) is 1. The zero-order valence-electron chi connectivity index (χ0n) is 18.1. The molecule has 0 radical (unpaired) electrons. The number of amides is 2. The van der Waals surface area contributed by atoms with Gasteiger partial charge in [-0.25, -0.2) is 4.98 Å². The number of aryl methyl sites for hydroxylation is 1. The number of anilines is 1. The molecule has 1 N–H and O–H groups in total. The Bertz CT molecular complexity index is 966. The number of hydrogen-bond acceptors (Lipinski definition) is 4. The van der Waals surface area contributed by atoms with E-state index in [4.69, 9.17) is 4.74 Å². The summed E-state index contributed by atoms with van der Waals surface area (Å²) >= 11 is 0. The number of aromatic nitrogens is 1. The van der Waals surface area contributed by atoms with Crippen LogP contribution in [-0.4, -0.2) is 35.4 Å². The van der Waals surface area contributed by atoms with Crippen LogP contribution in [0.1, 0.15) is 55.4 Å². The van der Waals surface area contributed by atoms with Crippen molar-refractivity contribution in [1.82, 2.24) is 9.88 Å². The summed E-state index contributed by atoms with van der Waals surface area (Å²) in [7, 11) is 1.78. The van der Waals surface area contributed by atoms with Gasteiger partial charge >= 0.3 is 0 Å². The molecule has 6 nitrogen and oxygen atoms in total. The van der Waals surface area contributed by atoms with Gasteiger partial charge in [-0.05, 0) is 48.1 Å². The molecule has 0 saturated heterocycles. The van der Waals surface area contributed by atoms with Crippen LogP contribution in [-0.2, 0) is 22.6 Å². The van der Waals surface area contributed by atoms with Gasteiger partial charge in [-0.3, -0.25) is 9.59 Å². The lowest BCUT2D eigenvalue weighted by Crippen LogP contribution is -2.24. The second-order valence-electron chi connectivity index (χ2n) is 7.78. The lowest BCUT2D eigenvalue weighted by Gasteiger charge is -2.21. The average Bonchev–Trinajstić information content (AvgIpc) is 2.73. The van der Waals surface area contributed by atoms with Gasteiger partial charge < -0.3 is 15.0 Å². The third-order valence-electron chi connectivity index (χ3n) is 5.11. The third kappa shape index (κ3) is 5.06. The number of carbonyl (C=O) groups excluding carboxylic acids is 2. The van der Waals surface area contributed by atoms with Crippen molar-refractivity contribution in [3.8, 4) is 5.75 Å². The van der Waals surface area contributed by atoms with Crippen LogP contribution in [0.4, 0.5) is 5.82 Å². The number of nitrogens with zero attached hydrogens (tertiary/aromatic N) is 2. The van der Waals surface area contributed by atoms with Gasteiger partial charge in [-0.15, -0.1) is 0 Å². The van der Waals surface area contributed by atoms with E-state index in [2.05, 4.69) is 30.2 Å². The molecule has 3 rings (SSSR count). The monoisotopic (exact) mass is 407 g/mol. The topological polar surface area (TPSA) is 71.5 Å². The van der Waals surface area contributed by atoms with Gasteiger partial charge in [-0.1, -0.05) is 32.0 Å². The van der Waals surface area contributed by atoms with Crippen molar-refractivity contribution in [2.45, 2.75) is 46.1 Å². The summed E-state index contributed by atoms with van der Waals surface area (Å²) in [6.45, 7) is 7.29. The van der Waals surface area contributed by atoms with Crippen molar-refractivity contribution < 1.29 is 14.3 Å². The van der Waals surface area contributed by atoms with Gasteiger partial charge in [0.05, 0.1) is 6.61 Å². The zero-order chi connectivity index (χ0) is 21.7. The first-order valence-corrected chi connectivity index (χ1v) is 10.4. The van der Waals surface area contributed by atoms with E-state index in [9.17, 15) is 9.59 Å². The first kappa shape index (κ1) is 21.6. The van der Waals surface area contributed by atoms with E-state index in [1.165, 1.54) is 0 Å². The molecule has 1 aliphatic heterocycles. The Labute approximate surface area is 178 Å². The predicted octanol–water partition coefficient (Wildman–Crippen LogP) is 4.16. The van der Waals surface area contributed by atoms with Gasteiger partial charge in [-0.2, -0.15) is 0 Å². The van der Waals surface area contributed by atoms with Crippen molar-refractivity contribution in [3.05, 3.63) is 58.8 Å². The molecule has 0 unspecified atom stereocenters. The molecule has 0 saturated carbocycles. The highest BCUT2D eigenvalue weighted by Gasteiger charge is 2.17. The van der Waals surface area contributed by atoms with Crippen LogP contribution in [0.5, 0.6) is 5.75 Å². The van der Waals surface area contributed by atoms with Crippen LogP contribution in [0.15, 0.2) is 36.5 Å². The van der Waals surface area contributed by atoms with Crippen LogP contribution in [0.2, 0.25) is 0 Å². The number of fused-ring (bicyclic) bond motifs is 1. The van der Waals surface area contributed by atoms with Crippen LogP contribution >= 0.6 is 0 Å². The minimum atomic E-state index is -0.0987. The molecule has 2 heterocycles. The maximum Gasteiger partial charge on any atom is 0.246 e. The molecular weight excluding hydrogens is 378 g/mol. The Balaban J connectivity index is 1.71. The summed E-state index contributed by atoms with van der Waals surface area (Å²) < 4.78 is 5.91. The molecule has 158 valence electrons. The van der Waals surface area contributed by atoms with E-state index < -0.39 is 0 Å². The van der Waals surface area contributed by atoms with Crippen LogP contribution < -0.4 is 10.1 Å². The highest BCUT2D eigenvalue weighted by molar-refractivity contribution is 5.93. The maximum atomic E-state index is 12.7. The molecule has 30 heavy (non-hydrogen) atoms. The Hall–Kier alpha value is -3.15. The van der Waals surface area contributed by atoms with Crippen LogP contribution in [0, 0.1) is 0 Å². The minimum absolute atomic E-state index is 0.0111. The second-order valence-corrected chi connectivity index (χ2v) is 7.78. The molecule has 0 aliphatic carbocycles. The van der Waals surface area contributed by atoms with Crippen LogP contribution in [0.3, 0.4) is 0 Å². The van der Waals surface area contributed by atoms with E-state index in [0.29, 0.717) is 37.7 Å². The average molecular weight is 408 g/mol. The van der Waals surface area contributed by atoms with E-state index >= 15 is 0 Å². The first-order valence-electron chi connectivity index (χ1n) is 10.4. The summed E-state index contributed by atoms with van der Waals surface area (Å²) in [4.78, 5) is 30.1. The molecular formula is C24H29N3O3. The summed E-state index contributed by atoms with van der Waals surface area (Å²) in [5.41, 5.74) is 3.98. The van der Waals surface area contributed by atoms with Crippen molar-refractivity contribution in [3.63, 3.8) is 0 Å². The Kier molecular flexibility index (Phi) is 6.87. The fraction of sp³-hybridized carbons (Fsp3) is 0.375. The summed E-state index contributed by atoms with van der Waals surface area (Å²) in [5, 5.41) is 2.76. The summed E-state index contributed by atoms with van der Waals surface area (Å²) in [6, 6.07) is 8.06. The fourth-order valence-corrected chi connectivity index (χ4v) is 3.50. The Morgan fingerprint density at radius 3 is 2.87 bits per heavy atom. The highest BCUT2D eigenvalue weighted by Crippen LogP contribution is 2.31. The first-order chi connectivity index (χ1) is 14.4. The Morgan fingerprint density at radius 1 is 1.33 bits per heavy atom. The lowest BCUT2D eigenvalue weighted by atomic mass is 9.99. The normalized spacial score (nSPS) is 13.3. The maximum absolute atomic E-state index is 12.7. The minimum Gasteiger partial charge on any atom is -0.493 e. The third-order valence-corrected chi connectivity index (χ3v) is 5.11. The largest absolute Gasteiger partial charge is 0.493 e. The van der Waals surface area contributed by atoms with Gasteiger partial charge in [0.1, 0.15) is 11.6 Å². The number of hydrogen-bond donors (Lipinski definition) is 1. The van der Waals surface area contributed by atoms with Crippen molar-refractivity contribution >= 4 is 23.7 Å². The molecule has 6 heteroatoms. The molecule has 2 amide bonds. The quantitative estimate of drug-likeness (QED) is 0.700. The number of rotatable bonds is 7. The summed E-state index contributed by atoms with van der Waals surface area (Å²) in [5.74, 6) is 1.72. The molecule has 0 bridgehead atoms. The lowest BCUT2D eigenvalue weighted by molar-refractivity contribution is -0.125. The second kappa shape index (κ2) is 9.57. The summed E-state index contributed by atoms with van der Waals surface area (Å²) in [6.07, 6.45) is 6.10. The van der Waals surface area contributed by atoms with Gasteiger partial charge in [0.25, 0.3) is 0 Å². The molecule has 1 aromatic carbocycles. The van der Waals surface area contributed by atoms with Gasteiger partial charge in [0.15, 0.2) is 0 Å². The molecule has 1 aromatic heterocycles. The standard InChI is InChI=1S/C24H29N3O3/c1-5-30-23-19(7-6-8-20(23)16(2)3)15-27(4)22(29)12-9-17-13-18-10-11-21(28)26-24(18)25-14-17/h6-9,12-14,16H,5,10-11,15H2,1-4H3,(H,25,26,28)/b12-9+. The smallest absolute Gasteiger partial charge is 0.246 e. The van der Waals surface area contributed by atoms with Gasteiger partial charge in [0.2, 0.25) is 11.8 Å². The Morgan fingerprint density at radius 2 is 2.13 bits per heavy atom. The predicted molar refractivity (Wildman–Crippen MR) is 118 cm³/mol. The van der Waals surface area contributed by atoms with Gasteiger partial charge in [0, 0.05) is 37.8 Å². The molecule has 0 spiro atoms. The van der Waals surface area contributed by atoms with E-state index in [1.54, 1.807) is 30.3 Å². The van der Waals surface area contributed by atoms with E-state index in [-0.39, 0.29) is 11.8 Å². The highest BCUT2D eigenvalue weighted by atomic mass is 16.5. The fourth-order valence-electron chi connectivity index (χ4n) is 3.50. The number of pyridine rings is 1. The molecule has 0 atom stereocenters. The zero-order valence-corrected chi connectivity index (χ0v) is 18.1. The van der Waals surface area contributed by atoms with Crippen molar-refractivity contribution in [2.24, 2.45) is 0 Å². The SMILES string of the molecule is CCOc1c(CN(C)C(=O)/C=C/c2cnc3c(c2)CCC(=O)N3)cccc1C(C)C. The molecule has 2 aromatic rings. The number of ether oxygens (including phenoxy) is 1. The van der Waals surface area contributed by atoms with Crippen molar-refractivity contribution in [1.29, 1.82) is 0 Å². The van der Waals surface area contributed by atoms with E-state index in [1.807, 2.05) is 25.1 Å². The van der Waals surface area contributed by atoms with E-state index in [0.717, 1.165) is 28.0 Å². The number of nitrogens with one attached hydrogen (secondary N) is 1.